The van der Waals surface area contributed by atoms with E-state index in [1.807, 2.05) is 0 Å². The van der Waals surface area contributed by atoms with Crippen LogP contribution in [0.15, 0.2) is 146 Å². The van der Waals surface area contributed by atoms with Crippen molar-refractivity contribution in [3.05, 3.63) is 146 Å². The first-order chi connectivity index (χ1) is 17.8. The average molecular weight is 457 g/mol. The predicted octanol–water partition coefficient (Wildman–Crippen LogP) is 10.0. The Labute approximate surface area is 212 Å². The number of hydrogen-bond donors (Lipinski definition) is 0. The summed E-state index contributed by atoms with van der Waals surface area (Å²) in [6, 6.07) is 52.8. The predicted molar refractivity (Wildman–Crippen MR) is 153 cm³/mol. The third-order valence-electron chi connectivity index (χ3n) is 7.24. The Kier molecular flexibility index (Phi) is 4.89. The molecule has 0 amide bonds. The smallest absolute Gasteiger partial charge is 0.0105 e. The van der Waals surface area contributed by atoms with Crippen LogP contribution in [0.4, 0.5) is 0 Å². The molecule has 0 saturated heterocycles. The lowest BCUT2D eigenvalue weighted by Gasteiger charge is -2.12. The normalized spacial score (nSPS) is 11.3. The van der Waals surface area contributed by atoms with Crippen molar-refractivity contribution in [3.8, 4) is 66.8 Å². The lowest BCUT2D eigenvalue weighted by atomic mass is 9.91. The Hall–Kier alpha value is -4.68. The minimum Gasteiger partial charge on any atom is -0.0622 e. The van der Waals surface area contributed by atoms with Gasteiger partial charge in [-0.15, -0.1) is 0 Å². The minimum atomic E-state index is 1.24. The molecule has 1 aromatic carbocycles. The third-order valence-corrected chi connectivity index (χ3v) is 7.24. The maximum Gasteiger partial charge on any atom is -0.0105 e. The van der Waals surface area contributed by atoms with Crippen LogP contribution in [0.25, 0.3) is 66.8 Å². The molecule has 0 atom stereocenters. The van der Waals surface area contributed by atoms with E-state index >= 15 is 0 Å². The van der Waals surface area contributed by atoms with Gasteiger partial charge < -0.3 is 0 Å². The molecule has 36 heavy (non-hydrogen) atoms. The Morgan fingerprint density at radius 3 is 0.806 bits per heavy atom. The second-order valence-corrected chi connectivity index (χ2v) is 9.38. The first kappa shape index (κ1) is 20.7. The summed E-state index contributed by atoms with van der Waals surface area (Å²) in [5, 5.41) is 0. The van der Waals surface area contributed by atoms with E-state index in [0.717, 1.165) is 0 Å². The second kappa shape index (κ2) is 8.52. The standard InChI is InChI=1S/C36H24/c1-4-10-25-16-19-34(31(25)13-7-1)28-22-29(35-20-17-26-11-5-2-8-14-32(26)35)24-30(23-28)36-21-18-27-12-6-3-9-15-33(27)36/h1-24H. The summed E-state index contributed by atoms with van der Waals surface area (Å²) < 4.78 is 0. The van der Waals surface area contributed by atoms with Gasteiger partial charge in [-0.1, -0.05) is 127 Å². The van der Waals surface area contributed by atoms with E-state index in [4.69, 9.17) is 0 Å². The van der Waals surface area contributed by atoms with Crippen molar-refractivity contribution in [2.45, 2.75) is 0 Å². The van der Waals surface area contributed by atoms with Crippen LogP contribution < -0.4 is 0 Å². The molecule has 0 fully saturated rings. The van der Waals surface area contributed by atoms with Crippen LogP contribution in [0.3, 0.4) is 0 Å². The SMILES string of the molecule is c1ccc2ccc(-c3cc(-c4ccc5cccccc4-5)cc(-c4ccc5cccccc4-5)c3)c-2cc1. The highest BCUT2D eigenvalue weighted by atomic mass is 14.2. The van der Waals surface area contributed by atoms with E-state index in [2.05, 4.69) is 146 Å². The van der Waals surface area contributed by atoms with Crippen molar-refractivity contribution in [3.63, 3.8) is 0 Å². The van der Waals surface area contributed by atoms with E-state index < -0.39 is 0 Å². The van der Waals surface area contributed by atoms with E-state index in [1.54, 1.807) is 0 Å². The van der Waals surface area contributed by atoms with Gasteiger partial charge in [0.2, 0.25) is 0 Å². The van der Waals surface area contributed by atoms with Crippen LogP contribution in [0.2, 0.25) is 0 Å². The zero-order valence-electron chi connectivity index (χ0n) is 19.9. The van der Waals surface area contributed by atoms with Crippen LogP contribution >= 0.6 is 0 Å². The molecule has 0 heteroatoms. The Bertz CT molecular complexity index is 1520. The summed E-state index contributed by atoms with van der Waals surface area (Å²) in [5.41, 5.74) is 15.2. The molecular formula is C36H24. The second-order valence-electron chi connectivity index (χ2n) is 9.38. The Balaban J connectivity index is 1.49. The van der Waals surface area contributed by atoms with Crippen LogP contribution in [0.5, 0.6) is 0 Å². The zero-order valence-corrected chi connectivity index (χ0v) is 19.9. The van der Waals surface area contributed by atoms with Crippen molar-refractivity contribution in [1.82, 2.24) is 0 Å². The summed E-state index contributed by atoms with van der Waals surface area (Å²) in [6.07, 6.45) is 0. The number of rotatable bonds is 3. The van der Waals surface area contributed by atoms with Crippen LogP contribution in [0.1, 0.15) is 0 Å². The lowest BCUT2D eigenvalue weighted by Crippen LogP contribution is -1.86. The highest BCUT2D eigenvalue weighted by Gasteiger charge is 2.17. The van der Waals surface area contributed by atoms with Crippen LogP contribution in [-0.4, -0.2) is 0 Å². The molecule has 0 unspecified atom stereocenters. The zero-order chi connectivity index (χ0) is 23.9. The molecule has 0 saturated carbocycles. The number of benzene rings is 1. The lowest BCUT2D eigenvalue weighted by molar-refractivity contribution is 1.62. The molecule has 0 spiro atoms. The van der Waals surface area contributed by atoms with E-state index in [-0.39, 0.29) is 0 Å². The van der Waals surface area contributed by atoms with Gasteiger partial charge in [-0.2, -0.15) is 0 Å². The molecule has 0 heterocycles. The molecule has 0 radical (unpaired) electrons. The summed E-state index contributed by atoms with van der Waals surface area (Å²) in [7, 11) is 0. The van der Waals surface area contributed by atoms with E-state index in [1.165, 1.54) is 66.8 Å². The largest absolute Gasteiger partial charge is 0.0622 e. The number of hydrogen-bond acceptors (Lipinski definition) is 0. The fourth-order valence-corrected chi connectivity index (χ4v) is 5.49. The van der Waals surface area contributed by atoms with Crippen molar-refractivity contribution in [2.75, 3.05) is 0 Å². The van der Waals surface area contributed by atoms with Crippen LogP contribution in [0, 0.1) is 0 Å². The molecule has 1 aromatic rings. The van der Waals surface area contributed by atoms with Crippen molar-refractivity contribution in [1.29, 1.82) is 0 Å². The summed E-state index contributed by atoms with van der Waals surface area (Å²) in [4.78, 5) is 0. The summed E-state index contributed by atoms with van der Waals surface area (Å²) in [5.74, 6) is 0. The fraction of sp³-hybridized carbons (Fsp3) is 0. The fourth-order valence-electron chi connectivity index (χ4n) is 5.49. The van der Waals surface area contributed by atoms with Gasteiger partial charge in [-0.05, 0) is 85.0 Å². The molecule has 0 nitrogen and oxygen atoms in total. The number of fused-ring (bicyclic) bond motifs is 3. The van der Waals surface area contributed by atoms with Gasteiger partial charge in [0.25, 0.3) is 0 Å². The topological polar surface area (TPSA) is 0 Å². The van der Waals surface area contributed by atoms with Gasteiger partial charge in [0, 0.05) is 0 Å². The molecule has 0 bridgehead atoms. The van der Waals surface area contributed by atoms with Gasteiger partial charge in [-0.25, -0.2) is 0 Å². The quantitative estimate of drug-likeness (QED) is 0.248. The molecule has 6 aliphatic carbocycles. The van der Waals surface area contributed by atoms with Gasteiger partial charge in [-0.3, -0.25) is 0 Å². The first-order valence-corrected chi connectivity index (χ1v) is 12.4. The van der Waals surface area contributed by atoms with Gasteiger partial charge >= 0.3 is 0 Å². The van der Waals surface area contributed by atoms with Crippen molar-refractivity contribution < 1.29 is 0 Å². The van der Waals surface area contributed by atoms with Crippen LogP contribution in [-0.2, 0) is 0 Å². The Morgan fingerprint density at radius 1 is 0.194 bits per heavy atom. The van der Waals surface area contributed by atoms with Crippen molar-refractivity contribution in [2.24, 2.45) is 0 Å². The Morgan fingerprint density at radius 2 is 0.472 bits per heavy atom. The van der Waals surface area contributed by atoms with E-state index in [0.29, 0.717) is 0 Å². The molecule has 0 aliphatic heterocycles. The van der Waals surface area contributed by atoms with Gasteiger partial charge in [0.1, 0.15) is 0 Å². The maximum atomic E-state index is 2.36. The van der Waals surface area contributed by atoms with E-state index in [9.17, 15) is 0 Å². The summed E-state index contributed by atoms with van der Waals surface area (Å²) in [6.45, 7) is 0. The first-order valence-electron chi connectivity index (χ1n) is 12.4. The highest BCUT2D eigenvalue weighted by molar-refractivity contribution is 5.96. The molecule has 168 valence electrons. The molecule has 7 rings (SSSR count). The minimum absolute atomic E-state index is 1.24. The average Bonchev–Trinajstić information content (AvgIpc) is 3.42. The maximum absolute atomic E-state index is 2.36. The van der Waals surface area contributed by atoms with Gasteiger partial charge in [0.05, 0.1) is 0 Å². The monoisotopic (exact) mass is 456 g/mol. The molecule has 6 aliphatic rings. The molecule has 0 aromatic heterocycles. The van der Waals surface area contributed by atoms with Crippen molar-refractivity contribution >= 4 is 0 Å². The van der Waals surface area contributed by atoms with Gasteiger partial charge in [0.15, 0.2) is 0 Å². The molecule has 0 N–H and O–H groups in total. The third kappa shape index (κ3) is 3.47. The highest BCUT2D eigenvalue weighted by Crippen LogP contribution is 2.44. The summed E-state index contributed by atoms with van der Waals surface area (Å²) >= 11 is 0. The molecular weight excluding hydrogens is 432 g/mol.